The van der Waals surface area contributed by atoms with Crippen molar-refractivity contribution in [1.29, 1.82) is 0 Å². The molecule has 2 aromatic carbocycles. The van der Waals surface area contributed by atoms with E-state index >= 15 is 0 Å². The fourth-order valence-electron chi connectivity index (χ4n) is 3.32. The van der Waals surface area contributed by atoms with Gasteiger partial charge in [-0.25, -0.2) is 13.2 Å². The van der Waals surface area contributed by atoms with Gasteiger partial charge in [0, 0.05) is 11.7 Å². The van der Waals surface area contributed by atoms with E-state index in [-0.39, 0.29) is 11.9 Å². The van der Waals surface area contributed by atoms with Gasteiger partial charge in [-0.1, -0.05) is 18.2 Å². The van der Waals surface area contributed by atoms with Crippen molar-refractivity contribution in [2.75, 3.05) is 10.2 Å². The molecule has 0 fully saturated rings. The van der Waals surface area contributed by atoms with Crippen LogP contribution in [0.2, 0.25) is 0 Å². The largest absolute Gasteiger partial charge is 0.321 e. The zero-order valence-corrected chi connectivity index (χ0v) is 14.8. The monoisotopic (exact) mass is 384 g/mol. The molecule has 1 amide bonds. The van der Waals surface area contributed by atoms with E-state index in [0.717, 1.165) is 18.2 Å². The SMILES string of the molecule is CC1Cc2ccccc2N1c1ccc(NC(=O)c2ccc(F)c(F)c2F)nn1. The lowest BCUT2D eigenvalue weighted by atomic mass is 10.1. The molecule has 1 atom stereocenters. The molecule has 3 aromatic rings. The second kappa shape index (κ2) is 6.95. The number of aromatic nitrogens is 2. The molecule has 8 heteroatoms. The third-order valence-corrected chi connectivity index (χ3v) is 4.63. The molecule has 5 nitrogen and oxygen atoms in total. The fourth-order valence-corrected chi connectivity index (χ4v) is 3.32. The van der Waals surface area contributed by atoms with Crippen LogP contribution >= 0.6 is 0 Å². The van der Waals surface area contributed by atoms with Crippen molar-refractivity contribution in [1.82, 2.24) is 10.2 Å². The Kier molecular flexibility index (Phi) is 4.46. The van der Waals surface area contributed by atoms with Crippen LogP contribution in [-0.2, 0) is 6.42 Å². The smallest absolute Gasteiger partial charge is 0.259 e. The number of nitrogens with one attached hydrogen (secondary N) is 1. The Labute approximate surface area is 158 Å². The van der Waals surface area contributed by atoms with Crippen LogP contribution in [0.1, 0.15) is 22.8 Å². The van der Waals surface area contributed by atoms with Crippen molar-refractivity contribution < 1.29 is 18.0 Å². The molecule has 28 heavy (non-hydrogen) atoms. The minimum Gasteiger partial charge on any atom is -0.321 e. The highest BCUT2D eigenvalue weighted by molar-refractivity contribution is 6.03. The van der Waals surface area contributed by atoms with Crippen molar-refractivity contribution in [3.63, 3.8) is 0 Å². The molecule has 1 N–H and O–H groups in total. The van der Waals surface area contributed by atoms with Crippen LogP contribution in [0.15, 0.2) is 48.5 Å². The Balaban J connectivity index is 1.55. The molecule has 0 bridgehead atoms. The molecule has 1 aromatic heterocycles. The number of fused-ring (bicyclic) bond motifs is 1. The molecule has 0 saturated heterocycles. The number of hydrogen-bond acceptors (Lipinski definition) is 4. The summed E-state index contributed by atoms with van der Waals surface area (Å²) < 4.78 is 40.1. The topological polar surface area (TPSA) is 58.1 Å². The van der Waals surface area contributed by atoms with Gasteiger partial charge in [-0.15, -0.1) is 10.2 Å². The normalized spacial score (nSPS) is 15.4. The number of rotatable bonds is 3. The van der Waals surface area contributed by atoms with Gasteiger partial charge in [0.2, 0.25) is 0 Å². The molecule has 142 valence electrons. The maximum Gasteiger partial charge on any atom is 0.259 e. The van der Waals surface area contributed by atoms with Crippen LogP contribution in [0.25, 0.3) is 0 Å². The summed E-state index contributed by atoms with van der Waals surface area (Å²) in [4.78, 5) is 14.2. The third-order valence-electron chi connectivity index (χ3n) is 4.63. The van der Waals surface area contributed by atoms with Crippen LogP contribution in [0.3, 0.4) is 0 Å². The minimum atomic E-state index is -1.70. The van der Waals surface area contributed by atoms with Gasteiger partial charge in [0.15, 0.2) is 29.1 Å². The van der Waals surface area contributed by atoms with Gasteiger partial charge in [-0.3, -0.25) is 4.79 Å². The van der Waals surface area contributed by atoms with Crippen LogP contribution in [-0.4, -0.2) is 22.1 Å². The predicted molar refractivity (Wildman–Crippen MR) is 98.0 cm³/mol. The van der Waals surface area contributed by atoms with E-state index in [1.807, 2.05) is 23.1 Å². The summed E-state index contributed by atoms with van der Waals surface area (Å²) in [6.45, 7) is 2.07. The molecule has 1 aliphatic rings. The Morgan fingerprint density at radius 2 is 1.82 bits per heavy atom. The van der Waals surface area contributed by atoms with Gasteiger partial charge < -0.3 is 10.2 Å². The van der Waals surface area contributed by atoms with E-state index in [1.165, 1.54) is 11.6 Å². The lowest BCUT2D eigenvalue weighted by Gasteiger charge is -2.23. The van der Waals surface area contributed by atoms with E-state index in [2.05, 4.69) is 28.5 Å². The summed E-state index contributed by atoms with van der Waals surface area (Å²) in [6.07, 6.45) is 0.881. The highest BCUT2D eigenvalue weighted by Crippen LogP contribution is 2.36. The number of nitrogens with zero attached hydrogens (tertiary/aromatic N) is 3. The number of amides is 1. The lowest BCUT2D eigenvalue weighted by molar-refractivity contribution is 0.102. The Bertz CT molecular complexity index is 1060. The van der Waals surface area contributed by atoms with Crippen molar-refractivity contribution in [2.45, 2.75) is 19.4 Å². The summed E-state index contributed by atoms with van der Waals surface area (Å²) in [5, 5.41) is 10.4. The second-order valence-corrected chi connectivity index (χ2v) is 6.51. The summed E-state index contributed by atoms with van der Waals surface area (Å²) in [5.41, 5.74) is 1.64. The number of para-hydroxylation sites is 1. The number of carbonyl (C=O) groups is 1. The molecule has 0 radical (unpaired) electrons. The molecule has 0 spiro atoms. The van der Waals surface area contributed by atoms with Crippen LogP contribution in [0.4, 0.5) is 30.5 Å². The Morgan fingerprint density at radius 1 is 1.04 bits per heavy atom. The van der Waals surface area contributed by atoms with E-state index < -0.39 is 28.9 Å². The third kappa shape index (κ3) is 3.06. The van der Waals surface area contributed by atoms with E-state index in [0.29, 0.717) is 11.9 Å². The van der Waals surface area contributed by atoms with Gasteiger partial charge in [-0.2, -0.15) is 0 Å². The second-order valence-electron chi connectivity index (χ2n) is 6.51. The first-order chi connectivity index (χ1) is 13.5. The fraction of sp³-hybridized carbons (Fsp3) is 0.150. The first-order valence-corrected chi connectivity index (χ1v) is 8.61. The molecular formula is C20H15F3N4O. The van der Waals surface area contributed by atoms with Gasteiger partial charge in [0.25, 0.3) is 5.91 Å². The highest BCUT2D eigenvalue weighted by Gasteiger charge is 2.28. The average molecular weight is 384 g/mol. The standard InChI is InChI=1S/C20H15F3N4O/c1-11-10-12-4-2-3-5-15(12)27(11)17-9-8-16(25-26-17)24-20(28)13-6-7-14(21)19(23)18(13)22/h2-9,11H,10H2,1H3,(H,24,25,28). The van der Waals surface area contributed by atoms with Gasteiger partial charge >= 0.3 is 0 Å². The minimum absolute atomic E-state index is 0.0676. The first kappa shape index (κ1) is 18.0. The summed E-state index contributed by atoms with van der Waals surface area (Å²) >= 11 is 0. The van der Waals surface area contributed by atoms with Crippen molar-refractivity contribution in [3.8, 4) is 0 Å². The lowest BCUT2D eigenvalue weighted by Crippen LogP contribution is -2.25. The van der Waals surface area contributed by atoms with Crippen molar-refractivity contribution in [3.05, 3.63) is 77.1 Å². The van der Waals surface area contributed by atoms with E-state index in [9.17, 15) is 18.0 Å². The number of halogens is 3. The van der Waals surface area contributed by atoms with Crippen molar-refractivity contribution in [2.24, 2.45) is 0 Å². The first-order valence-electron chi connectivity index (χ1n) is 8.61. The molecule has 0 aliphatic carbocycles. The molecule has 0 saturated carbocycles. The van der Waals surface area contributed by atoms with Gasteiger partial charge in [0.05, 0.1) is 5.56 Å². The molecule has 1 aliphatic heterocycles. The Morgan fingerprint density at radius 3 is 2.57 bits per heavy atom. The quantitative estimate of drug-likeness (QED) is 0.687. The van der Waals surface area contributed by atoms with Crippen molar-refractivity contribution >= 4 is 23.2 Å². The summed E-state index contributed by atoms with van der Waals surface area (Å²) in [6, 6.07) is 12.9. The zero-order valence-electron chi connectivity index (χ0n) is 14.8. The number of carbonyl (C=O) groups excluding carboxylic acids is 1. The van der Waals surface area contributed by atoms with Crippen LogP contribution in [0, 0.1) is 17.5 Å². The molecule has 4 rings (SSSR count). The molecule has 2 heterocycles. The Hall–Kier alpha value is -3.42. The molecule has 1 unspecified atom stereocenters. The van der Waals surface area contributed by atoms with E-state index in [1.54, 1.807) is 6.07 Å². The maximum absolute atomic E-state index is 13.7. The van der Waals surface area contributed by atoms with Crippen LogP contribution < -0.4 is 10.2 Å². The highest BCUT2D eigenvalue weighted by atomic mass is 19.2. The molecular weight excluding hydrogens is 369 g/mol. The number of hydrogen-bond donors (Lipinski definition) is 1. The van der Waals surface area contributed by atoms with Gasteiger partial charge in [-0.05, 0) is 49.2 Å². The summed E-state index contributed by atoms with van der Waals surface area (Å²) in [7, 11) is 0. The maximum atomic E-state index is 13.7. The predicted octanol–water partition coefficient (Wildman–Crippen LogP) is 4.23. The number of anilines is 3. The van der Waals surface area contributed by atoms with Gasteiger partial charge in [0.1, 0.15) is 0 Å². The number of benzene rings is 2. The average Bonchev–Trinajstić information content (AvgIpc) is 3.02. The van der Waals surface area contributed by atoms with E-state index in [4.69, 9.17) is 0 Å². The van der Waals surface area contributed by atoms with Crippen LogP contribution in [0.5, 0.6) is 0 Å². The zero-order chi connectivity index (χ0) is 19.8. The summed E-state index contributed by atoms with van der Waals surface area (Å²) in [5.74, 6) is -4.88.